The van der Waals surface area contributed by atoms with Crippen LogP contribution in [-0.4, -0.2) is 48.9 Å². The minimum absolute atomic E-state index is 0. The molecule has 0 bridgehead atoms. The number of hydrogen-bond acceptors (Lipinski definition) is 0. The molecule has 2 N–H and O–H groups in total. The van der Waals surface area contributed by atoms with Gasteiger partial charge in [-0.2, -0.15) is 0 Å². The third-order valence-electron chi connectivity index (χ3n) is 0. The summed E-state index contributed by atoms with van der Waals surface area (Å²) in [5.74, 6) is 0. The lowest BCUT2D eigenvalue weighted by atomic mass is 11.9. The van der Waals surface area contributed by atoms with Gasteiger partial charge >= 0.3 is 43.4 Å². The molecule has 22 valence electrons. The second-order valence-electron chi connectivity index (χ2n) is 0. The van der Waals surface area contributed by atoms with E-state index >= 15 is 0 Å². The van der Waals surface area contributed by atoms with Gasteiger partial charge in [0, 0.05) is 0 Å². The highest BCUT2D eigenvalue weighted by Crippen LogP contribution is 0.962. The largest absolute Gasteiger partial charge is 1.41 e. The van der Waals surface area contributed by atoms with Gasteiger partial charge in [0.25, 0.3) is 10.1 Å². The van der Waals surface area contributed by atoms with Crippen LogP contribution in [0.3, 0.4) is 0 Å². The van der Waals surface area contributed by atoms with Crippen LogP contribution < -0.4 is 0 Å². The molecule has 1 nitrogen and oxygen atoms in total. The van der Waals surface area contributed by atoms with Crippen molar-refractivity contribution in [3.8, 4) is 0 Å². The summed E-state index contributed by atoms with van der Waals surface area (Å²) < 4.78 is 0. The average molecular weight is 96.7 g/mol. The first-order valence-electron chi connectivity index (χ1n) is 1.41. The van der Waals surface area contributed by atoms with Crippen molar-refractivity contribution < 1.29 is 5.48 Å². The van der Waals surface area contributed by atoms with Crippen LogP contribution in [-0.2, 0) is 0 Å². The Morgan fingerprint density at radius 1 is 0.800 bits per heavy atom. The first-order valence-corrected chi connectivity index (χ1v) is 4.24. The molecule has 0 rings (SSSR count). The molecular weight excluding hydrogens is 88.6 g/mol. The summed E-state index contributed by atoms with van der Waals surface area (Å²) in [5.41, 5.74) is 0. The maximum Gasteiger partial charge on any atom is 1.41 e. The van der Waals surface area contributed by atoms with Gasteiger partial charge in [0.2, 0.25) is 0 Å². The summed E-state index contributed by atoms with van der Waals surface area (Å²) in [5, 5.41) is 4.06. The lowest BCUT2D eigenvalue weighted by molar-refractivity contribution is 0.824. The van der Waals surface area contributed by atoms with Crippen LogP contribution in [0.5, 0.6) is 0 Å². The van der Waals surface area contributed by atoms with Gasteiger partial charge in [-0.15, -0.1) is 0 Å². The molecule has 14 radical (unpaired) electrons. The Hall–Kier alpha value is 1.49. The lowest BCUT2D eigenvalue weighted by Crippen LogP contribution is -1.13. The van der Waals surface area contributed by atoms with E-state index < -0.39 is 0 Å². The van der Waals surface area contributed by atoms with E-state index in [9.17, 15) is 0 Å². The van der Waals surface area contributed by atoms with Gasteiger partial charge in [-0.3, -0.25) is 0 Å². The third kappa shape index (κ3) is 30.1. The molecule has 0 aliphatic rings. The van der Waals surface area contributed by atoms with E-state index in [4.69, 9.17) is 0 Å². The highest BCUT2D eigenvalue weighted by molar-refractivity contribution is 6.05. The van der Waals surface area contributed by atoms with Crippen molar-refractivity contribution in [1.82, 2.24) is 0 Å². The molecule has 0 saturated heterocycles. The third-order valence-corrected chi connectivity index (χ3v) is 0. The van der Waals surface area contributed by atoms with Gasteiger partial charge in [-0.25, -0.2) is 0 Å². The Kier molecular flexibility index (Phi) is 160. The Morgan fingerprint density at radius 2 is 0.800 bits per heavy atom. The standard InChI is InChI=1S/2CH3.2Mg.H2O/h2*1H3;;;1H2/q;;2*+2;. The summed E-state index contributed by atoms with van der Waals surface area (Å²) in [6, 6.07) is 0. The van der Waals surface area contributed by atoms with Crippen LogP contribution in [0.15, 0.2) is 0 Å². The SMILES string of the molecule is O.[CH3][Mg+2].[CH3][Mg+2]. The Bertz CT molecular complexity index is 7.61. The fourth-order valence-electron chi connectivity index (χ4n) is 0. The van der Waals surface area contributed by atoms with Gasteiger partial charge in [0.05, 0.1) is 0 Å². The van der Waals surface area contributed by atoms with Crippen molar-refractivity contribution in [2.24, 2.45) is 0 Å². The van der Waals surface area contributed by atoms with E-state index in [-0.39, 0.29) is 5.48 Å². The summed E-state index contributed by atoms with van der Waals surface area (Å²) in [7, 11) is 0. The fourth-order valence-corrected chi connectivity index (χ4v) is 0. The Balaban J connectivity index is -0.0000000133. The van der Waals surface area contributed by atoms with Gasteiger partial charge < -0.3 is 5.48 Å². The van der Waals surface area contributed by atoms with Crippen molar-refractivity contribution in [2.45, 2.75) is 10.1 Å². The summed E-state index contributed by atoms with van der Waals surface area (Å²) >= 11 is 3.72. The number of rotatable bonds is 0. The zero-order valence-electron chi connectivity index (χ0n) is 3.91. The van der Waals surface area contributed by atoms with Crippen molar-refractivity contribution in [3.05, 3.63) is 0 Å². The maximum absolute atomic E-state index is 2.03. The smallest absolute Gasteiger partial charge is 0.412 e. The second kappa shape index (κ2) is 49.8. The molecule has 0 saturated carbocycles. The van der Waals surface area contributed by atoms with E-state index in [1.807, 2.05) is 53.5 Å². The molecule has 0 aromatic carbocycles. The Labute approximate surface area is 58.7 Å². The molecular formula is C2H8Mg2O+4. The zero-order valence-corrected chi connectivity index (χ0v) is 6.74. The lowest BCUT2D eigenvalue weighted by Gasteiger charge is -0.412. The van der Waals surface area contributed by atoms with Crippen LogP contribution in [0.25, 0.3) is 0 Å². The molecule has 0 unspecified atom stereocenters. The van der Waals surface area contributed by atoms with E-state index in [0.717, 1.165) is 0 Å². The van der Waals surface area contributed by atoms with E-state index in [1.54, 1.807) is 0 Å². The summed E-state index contributed by atoms with van der Waals surface area (Å²) in [4.78, 5) is 0. The molecule has 0 fully saturated rings. The van der Waals surface area contributed by atoms with Gasteiger partial charge in [0.1, 0.15) is 0 Å². The molecule has 0 amide bonds. The molecule has 0 atom stereocenters. The van der Waals surface area contributed by atoms with Crippen molar-refractivity contribution in [3.63, 3.8) is 0 Å². The maximum atomic E-state index is 2.03. The molecule has 0 heterocycles. The molecule has 0 spiro atoms. The van der Waals surface area contributed by atoms with Crippen LogP contribution in [0, 0.1) is 0 Å². The van der Waals surface area contributed by atoms with E-state index in [0.29, 0.717) is 0 Å². The Morgan fingerprint density at radius 3 is 0.800 bits per heavy atom. The highest BCUT2D eigenvalue weighted by Gasteiger charge is 1.99. The van der Waals surface area contributed by atoms with Gasteiger partial charge in [0.15, 0.2) is 0 Å². The summed E-state index contributed by atoms with van der Waals surface area (Å²) in [6.07, 6.45) is 0. The quantitative estimate of drug-likeness (QED) is 0.367. The first-order chi connectivity index (χ1) is 2.00. The molecule has 0 aliphatic heterocycles. The molecule has 3 heteroatoms. The molecule has 0 aliphatic carbocycles. The van der Waals surface area contributed by atoms with Crippen molar-refractivity contribution in [1.29, 1.82) is 0 Å². The predicted molar refractivity (Wildman–Crippen MR) is 26.8 cm³/mol. The van der Waals surface area contributed by atoms with Crippen LogP contribution in [0.1, 0.15) is 0 Å². The normalized spacial score (nSPS) is 2.40. The van der Waals surface area contributed by atoms with E-state index in [1.165, 1.54) is 0 Å². The minimum Gasteiger partial charge on any atom is -0.412 e. The van der Waals surface area contributed by atoms with Crippen molar-refractivity contribution >= 4 is 43.4 Å². The van der Waals surface area contributed by atoms with Crippen LogP contribution >= 0.6 is 0 Å². The summed E-state index contributed by atoms with van der Waals surface area (Å²) in [6.45, 7) is 0. The van der Waals surface area contributed by atoms with Crippen molar-refractivity contribution in [2.75, 3.05) is 0 Å². The zero-order chi connectivity index (χ0) is 4.00. The predicted octanol–water partition coefficient (Wildman–Crippen LogP) is -0.419. The molecule has 0 aromatic heterocycles. The van der Waals surface area contributed by atoms with Crippen LogP contribution in [0.4, 0.5) is 0 Å². The molecule has 0 aromatic rings. The molecule has 5 heavy (non-hydrogen) atoms. The average Bonchev–Trinajstić information content (AvgIpc) is 1.50. The van der Waals surface area contributed by atoms with Gasteiger partial charge in [-0.1, -0.05) is 0 Å². The number of hydrogen-bond donors (Lipinski definition) is 0. The van der Waals surface area contributed by atoms with E-state index in [2.05, 4.69) is 0 Å². The highest BCUT2D eigenvalue weighted by atomic mass is 24.4. The van der Waals surface area contributed by atoms with Gasteiger partial charge in [-0.05, 0) is 0 Å². The second-order valence-corrected chi connectivity index (χ2v) is 0. The topological polar surface area (TPSA) is 31.5 Å². The monoisotopic (exact) mass is 96.0 g/mol. The first kappa shape index (κ1) is 16.1. The van der Waals surface area contributed by atoms with Crippen LogP contribution in [0.2, 0.25) is 10.1 Å². The minimum atomic E-state index is 0. The fraction of sp³-hybridized carbons (Fsp3) is 1.00.